The third-order valence-electron chi connectivity index (χ3n) is 20.3. The summed E-state index contributed by atoms with van der Waals surface area (Å²) in [5.74, 6) is -13.0. The molecule has 10 rings (SSSR count). The van der Waals surface area contributed by atoms with Crippen LogP contribution in [-0.2, 0) is 47.9 Å². The molecule has 0 amide bonds. The number of piperazine rings is 2. The molecule has 526 valence electrons. The number of ether oxygens (including phenoxy) is 2. The molecule has 6 atom stereocenters. The molecule has 6 N–H and O–H groups in total. The Hall–Kier alpha value is -10.2. The van der Waals surface area contributed by atoms with Gasteiger partial charge in [0.25, 0.3) is 11.4 Å². The molecule has 100 heavy (non-hydrogen) atoms. The number of rotatable bonds is 26. The van der Waals surface area contributed by atoms with Crippen LogP contribution in [0.4, 0.5) is 11.4 Å². The number of benzene rings is 6. The largest absolute Gasteiger partial charge is 0.481 e. The third-order valence-corrected chi connectivity index (χ3v) is 20.3. The van der Waals surface area contributed by atoms with Crippen molar-refractivity contribution in [2.75, 3.05) is 91.8 Å². The molecule has 4 aliphatic heterocycles. The molecule has 0 bridgehead atoms. The van der Waals surface area contributed by atoms with E-state index in [0.717, 1.165) is 29.8 Å². The van der Waals surface area contributed by atoms with Gasteiger partial charge in [-0.15, -0.1) is 5.06 Å². The highest BCUT2D eigenvalue weighted by atomic mass is 16.8. The molecule has 0 aliphatic carbocycles. The van der Waals surface area contributed by atoms with E-state index in [-0.39, 0.29) is 61.4 Å². The summed E-state index contributed by atoms with van der Waals surface area (Å²) < 4.78 is 11.4. The normalized spacial score (nSPS) is 21.9. The zero-order valence-corrected chi connectivity index (χ0v) is 56.3. The Labute approximate surface area is 579 Å². The van der Waals surface area contributed by atoms with Crippen LogP contribution in [0.1, 0.15) is 97.6 Å². The van der Waals surface area contributed by atoms with E-state index in [1.807, 2.05) is 77.7 Å². The van der Waals surface area contributed by atoms with Gasteiger partial charge in [-0.3, -0.25) is 44.5 Å². The maximum absolute atomic E-state index is 14.9. The monoisotopic (exact) mass is 1370 g/mol. The zero-order chi connectivity index (χ0) is 71.4. The first kappa shape index (κ1) is 72.5. The number of nitrogens with two attached hydrogens (primary N) is 2. The van der Waals surface area contributed by atoms with E-state index in [4.69, 9.17) is 30.6 Å². The number of allylic oxidation sites excluding steroid dienone is 1. The molecule has 0 saturated carbocycles. The number of piperidine rings is 1. The number of hydroxylamine groups is 4. The molecule has 26 heteroatoms. The molecule has 0 spiro atoms. The van der Waals surface area contributed by atoms with Crippen molar-refractivity contribution in [2.45, 2.75) is 76.4 Å². The number of aliphatic carboxylic acids is 2. The number of esters is 2. The summed E-state index contributed by atoms with van der Waals surface area (Å²) >= 11 is 0. The van der Waals surface area contributed by atoms with Crippen molar-refractivity contribution >= 4 is 47.2 Å². The summed E-state index contributed by atoms with van der Waals surface area (Å²) in [6.07, 6.45) is -2.76. The zero-order valence-electron chi connectivity index (χ0n) is 56.3. The van der Waals surface area contributed by atoms with E-state index >= 15 is 0 Å². The summed E-state index contributed by atoms with van der Waals surface area (Å²) in [5, 5.41) is 49.4. The summed E-state index contributed by atoms with van der Waals surface area (Å²) in [6, 6.07) is 49.3. The highest BCUT2D eigenvalue weighted by molar-refractivity contribution is 6.29. The van der Waals surface area contributed by atoms with Gasteiger partial charge in [0.15, 0.2) is 5.82 Å². The first-order chi connectivity index (χ1) is 48.1. The average Bonchev–Trinajstić information content (AvgIpc) is 0.686. The van der Waals surface area contributed by atoms with Crippen LogP contribution in [0.3, 0.4) is 0 Å². The van der Waals surface area contributed by atoms with Crippen molar-refractivity contribution in [3.8, 4) is 0 Å². The van der Waals surface area contributed by atoms with Gasteiger partial charge in [-0.05, 0) is 73.5 Å². The Morgan fingerprint density at radius 1 is 0.560 bits per heavy atom. The van der Waals surface area contributed by atoms with E-state index in [1.165, 1.54) is 75.2 Å². The lowest BCUT2D eigenvalue weighted by Gasteiger charge is -2.59. The summed E-state index contributed by atoms with van der Waals surface area (Å²) in [7, 11) is 0. The summed E-state index contributed by atoms with van der Waals surface area (Å²) in [6.45, 7) is 11.5. The van der Waals surface area contributed by atoms with Gasteiger partial charge in [0.2, 0.25) is 0 Å². The van der Waals surface area contributed by atoms with Gasteiger partial charge in [-0.2, -0.15) is 5.06 Å². The maximum Gasteiger partial charge on any atom is 0.443 e. The number of hydrogen-bond acceptors (Lipinski definition) is 22. The van der Waals surface area contributed by atoms with Crippen molar-refractivity contribution in [2.24, 2.45) is 22.3 Å². The molecular formula is C74H84N10O16. The number of nitro benzene ring substituents is 2. The maximum atomic E-state index is 14.9. The number of nitro groups is 2. The molecule has 0 radical (unpaired) electrons. The SMILES string of the molecule is CCOC(=O)C1=C(N)N(OC(=O)C(=O)ON2C(C)C(CCN3CCN(CC(c4ccccc4)c4ccccc4)CC3)(C(=O)O)C(c3cccc([N+](=O)[O-])c3)C(CC)(C(=O)O)C2N)C(C)=C(C(=O)OCCN2CCN(CC(c3ccccc3)c3ccccc3)CC2)C1c1cccc([N+](=O)[O-])c1. The first-order valence-corrected chi connectivity index (χ1v) is 33.5. The lowest BCUT2D eigenvalue weighted by molar-refractivity contribution is -0.385. The van der Waals surface area contributed by atoms with Crippen LogP contribution in [0.5, 0.6) is 0 Å². The molecule has 3 saturated heterocycles. The van der Waals surface area contributed by atoms with Gasteiger partial charge in [0, 0.05) is 114 Å². The van der Waals surface area contributed by atoms with Gasteiger partial charge in [-0.1, -0.05) is 153 Å². The number of non-ortho nitro benzene ring substituents is 2. The Balaban J connectivity index is 0.919. The van der Waals surface area contributed by atoms with E-state index in [9.17, 15) is 59.2 Å². The van der Waals surface area contributed by atoms with Gasteiger partial charge in [0.1, 0.15) is 18.2 Å². The second-order valence-electron chi connectivity index (χ2n) is 25.6. The number of nitrogens with zero attached hydrogens (tertiary/aromatic N) is 8. The van der Waals surface area contributed by atoms with Crippen molar-refractivity contribution < 1.29 is 68.0 Å². The minimum atomic E-state index is -2.44. The number of carboxylic acids is 2. The van der Waals surface area contributed by atoms with Crippen LogP contribution < -0.4 is 11.5 Å². The van der Waals surface area contributed by atoms with Crippen LogP contribution in [-0.4, -0.2) is 190 Å². The van der Waals surface area contributed by atoms with Crippen LogP contribution in [0, 0.1) is 31.1 Å². The minimum Gasteiger partial charge on any atom is -0.481 e. The number of hydrogen-bond donors (Lipinski definition) is 4. The van der Waals surface area contributed by atoms with Crippen molar-refractivity contribution in [1.29, 1.82) is 0 Å². The minimum absolute atomic E-state index is 0.00614. The third kappa shape index (κ3) is 15.3. The molecule has 6 unspecified atom stereocenters. The van der Waals surface area contributed by atoms with Crippen molar-refractivity contribution in [3.63, 3.8) is 0 Å². The molecule has 6 aromatic rings. The molecule has 4 aliphatic rings. The molecular weight excluding hydrogens is 1280 g/mol. The van der Waals surface area contributed by atoms with Crippen LogP contribution in [0.15, 0.2) is 193 Å². The average molecular weight is 1370 g/mol. The van der Waals surface area contributed by atoms with E-state index in [0.29, 0.717) is 69.0 Å². The van der Waals surface area contributed by atoms with Crippen LogP contribution >= 0.6 is 0 Å². The molecule has 3 fully saturated rings. The van der Waals surface area contributed by atoms with Gasteiger partial charge < -0.3 is 45.7 Å². The second kappa shape index (κ2) is 32.2. The fourth-order valence-electron chi connectivity index (χ4n) is 15.0. The van der Waals surface area contributed by atoms with Gasteiger partial charge in [-0.25, -0.2) is 19.2 Å². The fraction of sp³-hybridized carbons (Fsp3) is 0.378. The predicted octanol–water partition coefficient (Wildman–Crippen LogP) is 7.98. The fourth-order valence-corrected chi connectivity index (χ4v) is 15.0. The first-order valence-electron chi connectivity index (χ1n) is 33.5. The van der Waals surface area contributed by atoms with Crippen LogP contribution in [0.2, 0.25) is 0 Å². The molecule has 4 heterocycles. The Morgan fingerprint density at radius 3 is 1.42 bits per heavy atom. The van der Waals surface area contributed by atoms with Gasteiger partial charge >= 0.3 is 35.8 Å². The number of carbonyl (C=O) groups excluding carboxylic acids is 4. The Morgan fingerprint density at radius 2 is 0.980 bits per heavy atom. The number of carboxylic acid groups (broad SMARTS) is 2. The van der Waals surface area contributed by atoms with E-state index in [2.05, 4.69) is 63.2 Å². The van der Waals surface area contributed by atoms with E-state index < -0.39 is 115 Å². The molecule has 0 aromatic heterocycles. The van der Waals surface area contributed by atoms with Crippen molar-refractivity contribution in [1.82, 2.24) is 29.7 Å². The molecule has 6 aromatic carbocycles. The summed E-state index contributed by atoms with van der Waals surface area (Å²) in [5.41, 5.74) is 11.5. The quantitative estimate of drug-likeness (QED) is 0.0173. The highest BCUT2D eigenvalue weighted by Gasteiger charge is 2.70. The number of carbonyl (C=O) groups is 6. The second-order valence-corrected chi connectivity index (χ2v) is 25.6. The van der Waals surface area contributed by atoms with E-state index in [1.54, 1.807) is 0 Å². The Kier molecular flexibility index (Phi) is 23.3. The van der Waals surface area contributed by atoms with Crippen molar-refractivity contribution in [3.05, 3.63) is 246 Å². The van der Waals surface area contributed by atoms with Gasteiger partial charge in [0.05, 0.1) is 50.7 Å². The molecule has 26 nitrogen and oxygen atoms in total. The van der Waals surface area contributed by atoms with Crippen LogP contribution in [0.25, 0.3) is 0 Å². The standard InChI is InChI=1S/C74H84N10O16/c1-5-73(71(89)90)64(56-30-20-32-58(46-56)84(95)96)74(72(91)92,33-34-77-35-39-79(40-36-77)47-59(51-21-11-7-12-22-51)52-23-13-8-14-24-52)50(4)82(70(73)76)100-69(88)68(87)99-81-49(3)61(62(63(65(81)75)67(86)97-6-2)55-29-19-31-57(45-55)83(93)94)66(85)98-44-43-78-37-41-80(42-38-78)48-60(53-25-15-9-16-26-53)54-27-17-10-18-28-54/h7-32,45-46,50,59-60,62,64,70H,5-6,33-44,47-48,75-76H2,1-4H3,(H,89,90)(H,91,92). The summed E-state index contributed by atoms with van der Waals surface area (Å²) in [4.78, 5) is 131. The topological polar surface area (TPSA) is 338 Å². The predicted molar refractivity (Wildman–Crippen MR) is 367 cm³/mol. The Bertz CT molecular complexity index is 3920. The lowest BCUT2D eigenvalue weighted by atomic mass is 9.50. The highest BCUT2D eigenvalue weighted by Crippen LogP contribution is 2.61. The smallest absolute Gasteiger partial charge is 0.443 e. The lowest BCUT2D eigenvalue weighted by Crippen LogP contribution is -2.74.